The molecule has 1 aromatic carbocycles. The van der Waals surface area contributed by atoms with Crippen LogP contribution in [0.4, 0.5) is 0 Å². The summed E-state index contributed by atoms with van der Waals surface area (Å²) in [5.74, 6) is -0.729. The number of nitrogens with zero attached hydrogens (tertiary/aromatic N) is 2. The van der Waals surface area contributed by atoms with Crippen LogP contribution in [0.3, 0.4) is 0 Å². The highest BCUT2D eigenvalue weighted by Gasteiger charge is 2.24. The van der Waals surface area contributed by atoms with Crippen molar-refractivity contribution in [3.63, 3.8) is 0 Å². The number of primary amides is 1. The Morgan fingerprint density at radius 2 is 2.00 bits per heavy atom. The molecule has 0 aliphatic carbocycles. The second-order valence-corrected chi connectivity index (χ2v) is 5.46. The lowest BCUT2D eigenvalue weighted by Gasteiger charge is -2.03. The zero-order valence-electron chi connectivity index (χ0n) is 10.4. The third-order valence-corrected chi connectivity index (χ3v) is 3.37. The molecule has 0 unspecified atom stereocenters. The standard InChI is InChI=1S/C10H10N4O6S/c11-10(15)9-8(13-20-14(9)16)5-19-6-1-3-7(4-2-6)21(12,17)18/h1-4H,5H2,(H2,11,15)(H2,12,17,18). The minimum atomic E-state index is -3.79. The number of carbonyl (C=O) groups is 1. The molecule has 10 nitrogen and oxygen atoms in total. The second kappa shape index (κ2) is 5.38. The number of amides is 1. The van der Waals surface area contributed by atoms with Gasteiger partial charge in [0.1, 0.15) is 5.75 Å². The van der Waals surface area contributed by atoms with Crippen molar-refractivity contribution < 1.29 is 27.5 Å². The van der Waals surface area contributed by atoms with Gasteiger partial charge in [-0.15, -0.1) is 0 Å². The summed E-state index contributed by atoms with van der Waals surface area (Å²) < 4.78 is 31.6. The maximum absolute atomic E-state index is 11.1. The van der Waals surface area contributed by atoms with Crippen LogP contribution in [0, 0.1) is 5.21 Å². The molecule has 0 aliphatic rings. The van der Waals surface area contributed by atoms with Crippen LogP contribution in [-0.2, 0) is 16.6 Å². The van der Waals surface area contributed by atoms with E-state index in [0.717, 1.165) is 0 Å². The molecule has 0 atom stereocenters. The molecule has 0 bridgehead atoms. The monoisotopic (exact) mass is 314 g/mol. The van der Waals surface area contributed by atoms with Gasteiger partial charge in [0.2, 0.25) is 10.0 Å². The highest BCUT2D eigenvalue weighted by Crippen LogP contribution is 2.16. The summed E-state index contributed by atoms with van der Waals surface area (Å²) in [6, 6.07) is 5.20. The smallest absolute Gasteiger partial charge is 0.297 e. The summed E-state index contributed by atoms with van der Waals surface area (Å²) in [5.41, 5.74) is 4.46. The van der Waals surface area contributed by atoms with Gasteiger partial charge >= 0.3 is 0 Å². The van der Waals surface area contributed by atoms with Crippen LogP contribution >= 0.6 is 0 Å². The molecule has 2 aromatic rings. The van der Waals surface area contributed by atoms with Crippen LogP contribution in [0.15, 0.2) is 33.8 Å². The zero-order valence-corrected chi connectivity index (χ0v) is 11.2. The molecule has 0 saturated carbocycles. The van der Waals surface area contributed by atoms with Crippen LogP contribution in [0.1, 0.15) is 16.2 Å². The molecule has 2 rings (SSSR count). The van der Waals surface area contributed by atoms with Crippen molar-refractivity contribution in [2.24, 2.45) is 10.9 Å². The molecule has 21 heavy (non-hydrogen) atoms. The number of hydrogen-bond donors (Lipinski definition) is 2. The molecule has 0 fully saturated rings. The largest absolute Gasteiger partial charge is 0.485 e. The van der Waals surface area contributed by atoms with Crippen molar-refractivity contribution in [3.8, 4) is 5.75 Å². The predicted molar refractivity (Wildman–Crippen MR) is 66.1 cm³/mol. The van der Waals surface area contributed by atoms with E-state index in [0.29, 0.717) is 0 Å². The zero-order chi connectivity index (χ0) is 15.6. The van der Waals surface area contributed by atoms with Crippen LogP contribution < -0.4 is 20.5 Å². The number of rotatable bonds is 5. The van der Waals surface area contributed by atoms with E-state index in [1.165, 1.54) is 24.3 Å². The van der Waals surface area contributed by atoms with Crippen LogP contribution in [0.25, 0.3) is 0 Å². The van der Waals surface area contributed by atoms with E-state index in [9.17, 15) is 18.4 Å². The van der Waals surface area contributed by atoms with Gasteiger partial charge in [0.05, 0.1) is 4.90 Å². The van der Waals surface area contributed by atoms with Crippen LogP contribution in [0.5, 0.6) is 5.75 Å². The molecular formula is C10H10N4O6S. The quantitative estimate of drug-likeness (QED) is 0.642. The van der Waals surface area contributed by atoms with E-state index in [2.05, 4.69) is 9.79 Å². The number of aromatic nitrogens is 2. The molecule has 0 radical (unpaired) electrons. The van der Waals surface area contributed by atoms with E-state index >= 15 is 0 Å². The Morgan fingerprint density at radius 1 is 1.38 bits per heavy atom. The number of sulfonamides is 1. The highest BCUT2D eigenvalue weighted by molar-refractivity contribution is 7.89. The van der Waals surface area contributed by atoms with E-state index in [1.54, 1.807) is 0 Å². The highest BCUT2D eigenvalue weighted by atomic mass is 32.2. The van der Waals surface area contributed by atoms with E-state index < -0.39 is 21.6 Å². The Morgan fingerprint density at radius 3 is 2.52 bits per heavy atom. The molecule has 4 N–H and O–H groups in total. The average molecular weight is 314 g/mol. The lowest BCUT2D eigenvalue weighted by atomic mass is 10.3. The first-order valence-electron chi connectivity index (χ1n) is 5.43. The average Bonchev–Trinajstić information content (AvgIpc) is 2.77. The van der Waals surface area contributed by atoms with Gasteiger partial charge in [0.25, 0.3) is 17.3 Å². The number of carbonyl (C=O) groups excluding carboxylic acids is 1. The van der Waals surface area contributed by atoms with Crippen molar-refractivity contribution >= 4 is 15.9 Å². The molecule has 1 amide bonds. The van der Waals surface area contributed by atoms with Gasteiger partial charge in [-0.1, -0.05) is 0 Å². The van der Waals surface area contributed by atoms with Crippen LogP contribution in [-0.4, -0.2) is 19.5 Å². The fourth-order valence-corrected chi connectivity index (χ4v) is 2.00. The first-order chi connectivity index (χ1) is 9.79. The summed E-state index contributed by atoms with van der Waals surface area (Å²) in [4.78, 5) is 10.8. The topological polar surface area (TPSA) is 165 Å². The maximum atomic E-state index is 11.1. The molecule has 11 heteroatoms. The number of benzene rings is 1. The van der Waals surface area contributed by atoms with Gasteiger partial charge < -0.3 is 15.7 Å². The normalized spacial score (nSPS) is 11.3. The van der Waals surface area contributed by atoms with Gasteiger partial charge in [0.15, 0.2) is 6.61 Å². The summed E-state index contributed by atoms with van der Waals surface area (Å²) in [6.45, 7) is -0.258. The fraction of sp³-hybridized carbons (Fsp3) is 0.100. The first-order valence-corrected chi connectivity index (χ1v) is 6.97. The van der Waals surface area contributed by atoms with Gasteiger partial charge in [-0.05, 0) is 29.2 Å². The molecule has 1 heterocycles. The number of hydrogen-bond acceptors (Lipinski definition) is 7. The molecule has 1 aromatic heterocycles. The molecule has 0 aliphatic heterocycles. The van der Waals surface area contributed by atoms with Crippen molar-refractivity contribution in [1.29, 1.82) is 0 Å². The van der Waals surface area contributed by atoms with Gasteiger partial charge in [-0.3, -0.25) is 9.42 Å². The Kier molecular flexibility index (Phi) is 3.78. The lowest BCUT2D eigenvalue weighted by Crippen LogP contribution is -2.35. The summed E-state index contributed by atoms with van der Waals surface area (Å²) in [7, 11) is -3.79. The minimum absolute atomic E-state index is 0.0759. The number of primary sulfonamides is 1. The number of nitrogens with two attached hydrogens (primary N) is 2. The predicted octanol–water partition coefficient (Wildman–Crippen LogP) is -1.37. The molecule has 0 spiro atoms. The molecule has 112 valence electrons. The van der Waals surface area contributed by atoms with Crippen LogP contribution in [0.2, 0.25) is 0 Å². The second-order valence-electron chi connectivity index (χ2n) is 3.89. The van der Waals surface area contributed by atoms with Crippen molar-refractivity contribution in [2.75, 3.05) is 0 Å². The summed E-state index contributed by atoms with van der Waals surface area (Å²) >= 11 is 0. The lowest BCUT2D eigenvalue weighted by molar-refractivity contribution is -0.803. The number of ether oxygens (including phenoxy) is 1. The fourth-order valence-electron chi connectivity index (χ4n) is 1.48. The summed E-state index contributed by atoms with van der Waals surface area (Å²) in [6.07, 6.45) is 0. The molecule has 0 saturated heterocycles. The van der Waals surface area contributed by atoms with E-state index in [1.807, 2.05) is 0 Å². The van der Waals surface area contributed by atoms with E-state index in [4.69, 9.17) is 15.6 Å². The Balaban J connectivity index is 2.12. The maximum Gasteiger partial charge on any atom is 0.297 e. The van der Waals surface area contributed by atoms with Gasteiger partial charge in [-0.25, -0.2) is 13.6 Å². The Bertz CT molecular complexity index is 767. The Labute approximate surface area is 118 Å². The van der Waals surface area contributed by atoms with Crippen molar-refractivity contribution in [3.05, 3.63) is 40.9 Å². The Hall–Kier alpha value is -2.66. The third kappa shape index (κ3) is 3.27. The van der Waals surface area contributed by atoms with E-state index in [-0.39, 0.29) is 27.8 Å². The van der Waals surface area contributed by atoms with Gasteiger partial charge in [-0.2, -0.15) is 0 Å². The third-order valence-electron chi connectivity index (χ3n) is 2.44. The first kappa shape index (κ1) is 14.7. The summed E-state index contributed by atoms with van der Waals surface area (Å²) in [5, 5.41) is 19.4. The van der Waals surface area contributed by atoms with Crippen molar-refractivity contribution in [1.82, 2.24) is 5.16 Å². The van der Waals surface area contributed by atoms with Gasteiger partial charge in [0, 0.05) is 5.16 Å². The van der Waals surface area contributed by atoms with Crippen molar-refractivity contribution in [2.45, 2.75) is 11.5 Å². The SMILES string of the molecule is NC(=O)c1c(COc2ccc(S(N)(=O)=O)cc2)no[n+]1[O-]. The minimum Gasteiger partial charge on any atom is -0.485 e. The molecular weight excluding hydrogens is 304 g/mol.